The molecule has 0 bridgehead atoms. The molecule has 1 unspecified atom stereocenters. The van der Waals surface area contributed by atoms with Gasteiger partial charge in [0.25, 0.3) is 21.8 Å². The lowest BCUT2D eigenvalue weighted by Gasteiger charge is -2.43. The highest BCUT2D eigenvalue weighted by molar-refractivity contribution is 7.93. The topological polar surface area (TPSA) is 136 Å². The molecule has 6 rings (SSSR count). The maximum absolute atomic E-state index is 15.4. The van der Waals surface area contributed by atoms with E-state index in [0.29, 0.717) is 29.2 Å². The third kappa shape index (κ3) is 6.08. The van der Waals surface area contributed by atoms with Crippen molar-refractivity contribution in [2.45, 2.75) is 43.0 Å². The second kappa shape index (κ2) is 14.4. The van der Waals surface area contributed by atoms with Gasteiger partial charge in [0.1, 0.15) is 23.4 Å². The van der Waals surface area contributed by atoms with Crippen LogP contribution < -0.4 is 19.2 Å². The average molecular weight is 705 g/mol. The van der Waals surface area contributed by atoms with Crippen molar-refractivity contribution < 1.29 is 31.9 Å². The van der Waals surface area contributed by atoms with E-state index in [2.05, 4.69) is 22.1 Å². The van der Waals surface area contributed by atoms with Crippen LogP contribution in [0.1, 0.15) is 43.4 Å². The highest BCUT2D eigenvalue weighted by Gasteiger charge is 2.62. The van der Waals surface area contributed by atoms with Crippen molar-refractivity contribution in [2.75, 3.05) is 63.8 Å². The molecule has 50 heavy (non-hydrogen) atoms. The van der Waals surface area contributed by atoms with Crippen LogP contribution in [0, 0.1) is 17.1 Å². The lowest BCUT2D eigenvalue weighted by Crippen LogP contribution is -2.60. The number of anilines is 1. The summed E-state index contributed by atoms with van der Waals surface area (Å²) in [5, 5.41) is 11.6. The zero-order valence-corrected chi connectivity index (χ0v) is 29.2. The van der Waals surface area contributed by atoms with Gasteiger partial charge in [-0.15, -0.1) is 0 Å². The predicted octanol–water partition coefficient (Wildman–Crippen LogP) is 3.26. The first-order valence-corrected chi connectivity index (χ1v) is 18.3. The second-order valence-corrected chi connectivity index (χ2v) is 14.3. The highest BCUT2D eigenvalue weighted by Crippen LogP contribution is 2.51. The number of methoxy groups -OCH3 is 1. The van der Waals surface area contributed by atoms with Crippen LogP contribution in [0.2, 0.25) is 0 Å². The van der Waals surface area contributed by atoms with E-state index < -0.39 is 38.6 Å². The molecule has 3 aromatic carbocycles. The number of nitrogens with one attached hydrogen (secondary N) is 1. The molecule has 0 saturated carbocycles. The standard InChI is InChI=1S/C36H41FN6O6S/c1-4-40-18-20-41(21-19-40)26-14-16-42(17-15-26)39-34(44)36(29-8-6-7-9-33(29)49-5-2)30-22-25(24-38)31(37)23-32(30)43(35(36)45)50(46,47)28-12-10-27(48-3)11-13-28/h6-13,22-23,26H,4-5,14-21H2,1-3H3,(H,39,44). The summed E-state index contributed by atoms with van der Waals surface area (Å²) in [4.78, 5) is 34.6. The molecule has 3 aromatic rings. The number of nitrogens with zero attached hydrogens (tertiary/aromatic N) is 5. The largest absolute Gasteiger partial charge is 0.497 e. The Balaban J connectivity index is 1.43. The summed E-state index contributed by atoms with van der Waals surface area (Å²) in [5.41, 5.74) is -0.328. The first kappa shape index (κ1) is 35.3. The number of benzene rings is 3. The smallest absolute Gasteiger partial charge is 0.270 e. The first-order valence-electron chi connectivity index (χ1n) is 16.8. The summed E-state index contributed by atoms with van der Waals surface area (Å²) in [7, 11) is -3.30. The number of nitriles is 1. The fraction of sp³-hybridized carbons (Fsp3) is 0.417. The van der Waals surface area contributed by atoms with Crippen LogP contribution in [0.5, 0.6) is 11.5 Å². The fourth-order valence-corrected chi connectivity index (χ4v) is 8.72. The summed E-state index contributed by atoms with van der Waals surface area (Å²) in [5.74, 6) is -2.47. The van der Waals surface area contributed by atoms with Crippen LogP contribution >= 0.6 is 0 Å². The second-order valence-electron chi connectivity index (χ2n) is 12.5. The number of halogens is 1. The molecule has 3 aliphatic rings. The van der Waals surface area contributed by atoms with Crippen molar-refractivity contribution in [1.29, 1.82) is 5.26 Å². The van der Waals surface area contributed by atoms with Crippen LogP contribution in [0.3, 0.4) is 0 Å². The van der Waals surface area contributed by atoms with E-state index >= 15 is 9.18 Å². The Morgan fingerprint density at radius 3 is 2.30 bits per heavy atom. The SMILES string of the molecule is CCOc1ccccc1C1(C(=O)NN2CCC(N3CCN(CC)CC3)CC2)C(=O)N(S(=O)(=O)c2ccc(OC)cc2)c2cc(F)c(C#N)cc21. The lowest BCUT2D eigenvalue weighted by atomic mass is 9.73. The van der Waals surface area contributed by atoms with Gasteiger partial charge in [-0.2, -0.15) is 5.26 Å². The monoisotopic (exact) mass is 704 g/mol. The van der Waals surface area contributed by atoms with Crippen LogP contribution in [0.25, 0.3) is 0 Å². The molecule has 2 saturated heterocycles. The van der Waals surface area contributed by atoms with E-state index in [-0.39, 0.29) is 34.1 Å². The molecule has 1 N–H and O–H groups in total. The van der Waals surface area contributed by atoms with E-state index in [1.165, 1.54) is 37.4 Å². The van der Waals surface area contributed by atoms with Gasteiger partial charge in [0.15, 0.2) is 5.41 Å². The van der Waals surface area contributed by atoms with Crippen LogP contribution in [0.4, 0.5) is 10.1 Å². The number of hydrogen-bond acceptors (Lipinski definition) is 10. The highest BCUT2D eigenvalue weighted by atomic mass is 32.2. The quantitative estimate of drug-likeness (QED) is 0.314. The van der Waals surface area contributed by atoms with Gasteiger partial charge in [-0.05, 0) is 62.7 Å². The van der Waals surface area contributed by atoms with Crippen molar-refractivity contribution in [1.82, 2.24) is 20.2 Å². The Morgan fingerprint density at radius 2 is 1.68 bits per heavy atom. The molecule has 2 amide bonds. The van der Waals surface area contributed by atoms with Gasteiger partial charge in [-0.1, -0.05) is 25.1 Å². The predicted molar refractivity (Wildman–Crippen MR) is 184 cm³/mol. The van der Waals surface area contributed by atoms with Crippen molar-refractivity contribution in [3.05, 3.63) is 83.2 Å². The number of hydrazine groups is 1. The molecule has 0 aliphatic carbocycles. The van der Waals surface area contributed by atoms with Crippen molar-refractivity contribution in [3.63, 3.8) is 0 Å². The average Bonchev–Trinajstić information content (AvgIpc) is 3.39. The van der Waals surface area contributed by atoms with Gasteiger partial charge in [0.05, 0.1) is 29.9 Å². The minimum absolute atomic E-state index is 0.0669. The van der Waals surface area contributed by atoms with E-state index in [9.17, 15) is 18.5 Å². The Morgan fingerprint density at radius 1 is 1.00 bits per heavy atom. The molecule has 0 spiro atoms. The molecule has 2 fully saturated rings. The number of piperazine rings is 1. The third-order valence-electron chi connectivity index (χ3n) is 9.96. The molecule has 3 aliphatic heterocycles. The summed E-state index contributed by atoms with van der Waals surface area (Å²) in [6.45, 7) is 10.1. The van der Waals surface area contributed by atoms with Gasteiger partial charge >= 0.3 is 0 Å². The summed E-state index contributed by atoms with van der Waals surface area (Å²) in [6.07, 6.45) is 1.56. The normalized spacial score (nSPS) is 20.7. The number of piperidine rings is 1. The first-order chi connectivity index (χ1) is 24.1. The summed E-state index contributed by atoms with van der Waals surface area (Å²) >= 11 is 0. The minimum Gasteiger partial charge on any atom is -0.497 e. The Labute approximate surface area is 292 Å². The van der Waals surface area contributed by atoms with Crippen molar-refractivity contribution in [3.8, 4) is 17.6 Å². The maximum atomic E-state index is 15.4. The number of likely N-dealkylation sites (N-methyl/N-ethyl adjacent to an activating group) is 1. The molecular formula is C36H41FN6O6S. The van der Waals surface area contributed by atoms with Gasteiger partial charge in [0, 0.05) is 62.5 Å². The molecule has 3 heterocycles. The number of carbonyl (C=O) groups is 2. The number of fused-ring (bicyclic) bond motifs is 1. The van der Waals surface area contributed by atoms with Crippen LogP contribution in [-0.4, -0.2) is 101 Å². The number of amides is 2. The number of rotatable bonds is 10. The Hall–Kier alpha value is -4.55. The molecule has 12 nitrogen and oxygen atoms in total. The maximum Gasteiger partial charge on any atom is 0.270 e. The number of para-hydroxylation sites is 1. The van der Waals surface area contributed by atoms with Gasteiger partial charge in [-0.25, -0.2) is 22.1 Å². The summed E-state index contributed by atoms with van der Waals surface area (Å²) < 4.78 is 55.6. The van der Waals surface area contributed by atoms with E-state index in [1.54, 1.807) is 36.2 Å². The zero-order chi connectivity index (χ0) is 35.6. The molecule has 264 valence electrons. The van der Waals surface area contributed by atoms with E-state index in [1.807, 2.05) is 0 Å². The lowest BCUT2D eigenvalue weighted by molar-refractivity contribution is -0.137. The third-order valence-corrected chi connectivity index (χ3v) is 11.7. The fourth-order valence-electron chi connectivity index (χ4n) is 7.26. The summed E-state index contributed by atoms with van der Waals surface area (Å²) in [6, 6.07) is 15.8. The van der Waals surface area contributed by atoms with E-state index in [4.69, 9.17) is 9.47 Å². The number of sulfonamides is 1. The number of carbonyl (C=O) groups excluding carboxylic acids is 2. The molecule has 14 heteroatoms. The molecule has 0 radical (unpaired) electrons. The number of ether oxygens (including phenoxy) is 2. The zero-order valence-electron chi connectivity index (χ0n) is 28.4. The van der Waals surface area contributed by atoms with Gasteiger partial charge in [-0.3, -0.25) is 19.9 Å². The molecular weight excluding hydrogens is 663 g/mol. The Bertz CT molecular complexity index is 1900. The minimum atomic E-state index is -4.72. The molecule has 0 aromatic heterocycles. The van der Waals surface area contributed by atoms with E-state index in [0.717, 1.165) is 57.7 Å². The van der Waals surface area contributed by atoms with Gasteiger partial charge < -0.3 is 14.4 Å². The van der Waals surface area contributed by atoms with Crippen LogP contribution in [-0.2, 0) is 25.0 Å². The Kier molecular flexibility index (Phi) is 10.1. The number of hydrogen-bond donors (Lipinski definition) is 1. The van der Waals surface area contributed by atoms with Crippen molar-refractivity contribution in [2.24, 2.45) is 0 Å². The van der Waals surface area contributed by atoms with Crippen LogP contribution in [0.15, 0.2) is 65.6 Å². The van der Waals surface area contributed by atoms with Crippen molar-refractivity contribution >= 4 is 27.5 Å². The molecule has 1 atom stereocenters. The van der Waals surface area contributed by atoms with Gasteiger partial charge in [0.2, 0.25) is 0 Å².